The highest BCUT2D eigenvalue weighted by Crippen LogP contribution is 2.19. The van der Waals surface area contributed by atoms with E-state index in [2.05, 4.69) is 31.2 Å². The molecule has 1 N–H and O–H groups in total. The van der Waals surface area contributed by atoms with Crippen LogP contribution in [0.1, 0.15) is 5.56 Å². The minimum Gasteiger partial charge on any atom is -0.365 e. The molecule has 0 aliphatic rings. The molecule has 0 bridgehead atoms. The summed E-state index contributed by atoms with van der Waals surface area (Å²) in [6.45, 7) is 0.308. The van der Waals surface area contributed by atoms with Gasteiger partial charge in [0, 0.05) is 16.6 Å². The molecule has 2 rings (SSSR count). The van der Waals surface area contributed by atoms with E-state index >= 15 is 0 Å². The van der Waals surface area contributed by atoms with Crippen LogP contribution in [-0.2, 0) is 6.54 Å². The van der Waals surface area contributed by atoms with Crippen LogP contribution in [0.15, 0.2) is 35.2 Å². The van der Waals surface area contributed by atoms with Gasteiger partial charge in [0.1, 0.15) is 23.0 Å². The van der Waals surface area contributed by atoms with Crippen molar-refractivity contribution in [1.29, 1.82) is 0 Å². The van der Waals surface area contributed by atoms with Crippen LogP contribution in [0.5, 0.6) is 0 Å². The lowest BCUT2D eigenvalue weighted by Crippen LogP contribution is -2.04. The number of nitrogens with one attached hydrogen (secondary N) is 1. The van der Waals surface area contributed by atoms with Gasteiger partial charge >= 0.3 is 0 Å². The van der Waals surface area contributed by atoms with E-state index in [-0.39, 0.29) is 5.82 Å². The van der Waals surface area contributed by atoms with Crippen molar-refractivity contribution >= 4 is 33.3 Å². The lowest BCUT2D eigenvalue weighted by Gasteiger charge is -2.07. The van der Waals surface area contributed by atoms with E-state index in [4.69, 9.17) is 11.6 Å². The predicted octanol–water partition coefficient (Wildman–Crippen LogP) is 3.64. The van der Waals surface area contributed by atoms with Gasteiger partial charge < -0.3 is 5.32 Å². The highest BCUT2D eigenvalue weighted by molar-refractivity contribution is 9.10. The normalized spacial score (nSPS) is 10.3. The van der Waals surface area contributed by atoms with Gasteiger partial charge in [-0.05, 0) is 18.2 Å². The quantitative estimate of drug-likeness (QED) is 0.939. The number of aromatic nitrogens is 2. The van der Waals surface area contributed by atoms with Crippen molar-refractivity contribution < 1.29 is 4.39 Å². The Hall–Kier alpha value is -1.20. The molecular formula is C11H8BrClFN3. The Bertz CT molecular complexity index is 536. The zero-order valence-corrected chi connectivity index (χ0v) is 11.0. The third-order valence-corrected chi connectivity index (χ3v) is 2.89. The standard InChI is InChI=1S/C11H8BrClFN3/c12-8-1-2-10(14)7(3-8)4-16-11-9(13)5-15-6-17-11/h1-3,5-6H,4H2,(H,15,16,17). The SMILES string of the molecule is Fc1ccc(Br)cc1CNc1ncncc1Cl. The maximum atomic E-state index is 13.4. The van der Waals surface area contributed by atoms with Crippen molar-refractivity contribution in [3.63, 3.8) is 0 Å². The molecule has 0 radical (unpaired) electrons. The Labute approximate surface area is 111 Å². The van der Waals surface area contributed by atoms with Gasteiger partial charge in [0.15, 0.2) is 0 Å². The Kier molecular flexibility index (Phi) is 3.91. The monoisotopic (exact) mass is 315 g/mol. The van der Waals surface area contributed by atoms with Gasteiger partial charge in [-0.15, -0.1) is 0 Å². The minimum absolute atomic E-state index is 0.272. The molecule has 0 fully saturated rings. The van der Waals surface area contributed by atoms with Crippen LogP contribution in [0.2, 0.25) is 5.02 Å². The second kappa shape index (κ2) is 5.42. The second-order valence-corrected chi connectivity index (χ2v) is 4.63. The van der Waals surface area contributed by atoms with Gasteiger partial charge in [-0.25, -0.2) is 14.4 Å². The molecule has 0 saturated heterocycles. The fourth-order valence-electron chi connectivity index (χ4n) is 1.30. The first-order valence-corrected chi connectivity index (χ1v) is 5.97. The van der Waals surface area contributed by atoms with E-state index in [0.717, 1.165) is 4.47 Å². The van der Waals surface area contributed by atoms with Crippen LogP contribution in [-0.4, -0.2) is 9.97 Å². The summed E-state index contributed by atoms with van der Waals surface area (Å²) in [6.07, 6.45) is 2.86. The molecule has 1 aromatic heterocycles. The number of benzene rings is 1. The average molecular weight is 317 g/mol. The van der Waals surface area contributed by atoms with Crippen molar-refractivity contribution in [3.05, 3.63) is 51.6 Å². The lowest BCUT2D eigenvalue weighted by atomic mass is 10.2. The summed E-state index contributed by atoms with van der Waals surface area (Å²) in [6, 6.07) is 4.76. The molecule has 0 aliphatic heterocycles. The molecule has 1 aromatic carbocycles. The number of rotatable bonds is 3. The first kappa shape index (κ1) is 12.3. The summed E-state index contributed by atoms with van der Waals surface area (Å²) < 4.78 is 14.3. The summed E-state index contributed by atoms with van der Waals surface area (Å²) in [7, 11) is 0. The van der Waals surface area contributed by atoms with Gasteiger partial charge in [-0.3, -0.25) is 0 Å². The van der Waals surface area contributed by atoms with Crippen molar-refractivity contribution in [2.24, 2.45) is 0 Å². The minimum atomic E-state index is -0.272. The largest absolute Gasteiger partial charge is 0.365 e. The van der Waals surface area contributed by atoms with Crippen LogP contribution in [0.3, 0.4) is 0 Å². The predicted molar refractivity (Wildman–Crippen MR) is 68.5 cm³/mol. The van der Waals surface area contributed by atoms with Gasteiger partial charge in [0.25, 0.3) is 0 Å². The number of hydrogen-bond acceptors (Lipinski definition) is 3. The molecule has 88 valence electrons. The van der Waals surface area contributed by atoms with Crippen LogP contribution in [0.4, 0.5) is 10.2 Å². The Balaban J connectivity index is 2.12. The molecule has 1 heterocycles. The number of hydrogen-bond donors (Lipinski definition) is 1. The molecule has 0 aliphatic carbocycles. The van der Waals surface area contributed by atoms with Crippen molar-refractivity contribution in [3.8, 4) is 0 Å². The van der Waals surface area contributed by atoms with Gasteiger partial charge in [0.2, 0.25) is 0 Å². The van der Waals surface area contributed by atoms with Crippen molar-refractivity contribution in [1.82, 2.24) is 9.97 Å². The topological polar surface area (TPSA) is 37.8 Å². The third-order valence-electron chi connectivity index (χ3n) is 2.12. The number of anilines is 1. The van der Waals surface area contributed by atoms with Gasteiger partial charge in [0.05, 0.1) is 6.20 Å². The Morgan fingerprint density at radius 2 is 2.24 bits per heavy atom. The Morgan fingerprint density at radius 1 is 1.41 bits per heavy atom. The van der Waals surface area contributed by atoms with E-state index in [1.54, 1.807) is 12.1 Å². The lowest BCUT2D eigenvalue weighted by molar-refractivity contribution is 0.612. The third kappa shape index (κ3) is 3.14. The maximum Gasteiger partial charge on any atom is 0.148 e. The van der Waals surface area contributed by atoms with E-state index in [1.165, 1.54) is 18.6 Å². The highest BCUT2D eigenvalue weighted by atomic mass is 79.9. The number of nitrogens with zero attached hydrogens (tertiary/aromatic N) is 2. The average Bonchev–Trinajstić information content (AvgIpc) is 2.32. The molecule has 2 aromatic rings. The smallest absolute Gasteiger partial charge is 0.148 e. The summed E-state index contributed by atoms with van der Waals surface area (Å²) in [5.74, 6) is 0.215. The van der Waals surface area contributed by atoms with Crippen molar-refractivity contribution in [2.45, 2.75) is 6.54 Å². The van der Waals surface area contributed by atoms with Crippen LogP contribution in [0, 0.1) is 5.82 Å². The molecule has 17 heavy (non-hydrogen) atoms. The van der Waals surface area contributed by atoms with E-state index < -0.39 is 0 Å². The van der Waals surface area contributed by atoms with E-state index in [9.17, 15) is 4.39 Å². The molecule has 0 amide bonds. The van der Waals surface area contributed by atoms with E-state index in [1.807, 2.05) is 0 Å². The van der Waals surface area contributed by atoms with Crippen molar-refractivity contribution in [2.75, 3.05) is 5.32 Å². The first-order valence-electron chi connectivity index (χ1n) is 4.80. The van der Waals surface area contributed by atoms with Gasteiger partial charge in [-0.2, -0.15) is 0 Å². The molecule has 0 atom stereocenters. The molecule has 0 unspecified atom stereocenters. The molecular weight excluding hydrogens is 308 g/mol. The number of halogens is 3. The van der Waals surface area contributed by atoms with Crippen LogP contribution >= 0.6 is 27.5 Å². The first-order chi connectivity index (χ1) is 8.16. The fraction of sp³-hybridized carbons (Fsp3) is 0.0909. The summed E-state index contributed by atoms with van der Waals surface area (Å²) in [5, 5.41) is 3.36. The van der Waals surface area contributed by atoms with Crippen LogP contribution in [0.25, 0.3) is 0 Å². The fourth-order valence-corrected chi connectivity index (χ4v) is 1.88. The summed E-state index contributed by atoms with van der Waals surface area (Å²) >= 11 is 9.16. The second-order valence-electron chi connectivity index (χ2n) is 3.31. The molecule has 3 nitrogen and oxygen atoms in total. The molecule has 0 spiro atoms. The van der Waals surface area contributed by atoms with E-state index in [0.29, 0.717) is 22.9 Å². The Morgan fingerprint density at radius 3 is 3.00 bits per heavy atom. The van der Waals surface area contributed by atoms with Crippen LogP contribution < -0.4 is 5.32 Å². The molecule has 0 saturated carbocycles. The highest BCUT2D eigenvalue weighted by Gasteiger charge is 2.05. The zero-order valence-electron chi connectivity index (χ0n) is 8.62. The maximum absolute atomic E-state index is 13.4. The molecule has 6 heteroatoms. The summed E-state index contributed by atoms with van der Waals surface area (Å²) in [5.41, 5.74) is 0.536. The van der Waals surface area contributed by atoms with Gasteiger partial charge in [-0.1, -0.05) is 27.5 Å². The zero-order chi connectivity index (χ0) is 12.3. The summed E-state index contributed by atoms with van der Waals surface area (Å²) in [4.78, 5) is 7.72.